The number of methoxy groups -OCH3 is 1. The first-order chi connectivity index (χ1) is 14.7. The number of rotatable bonds is 7. The molecule has 4 rings (SSSR count). The maximum absolute atomic E-state index is 12.5. The average Bonchev–Trinajstić information content (AvgIpc) is 3.23. The van der Waals surface area contributed by atoms with E-state index in [1.807, 2.05) is 67.0 Å². The molecule has 0 saturated carbocycles. The Balaban J connectivity index is 1.46. The minimum Gasteiger partial charge on any atom is -0.497 e. The summed E-state index contributed by atoms with van der Waals surface area (Å²) in [5.74, 6) is 0.753. The summed E-state index contributed by atoms with van der Waals surface area (Å²) in [4.78, 5) is 20.1. The molecular weight excluding hydrogens is 376 g/mol. The number of carbonyl (C=O) groups excluding carboxylic acids is 1. The van der Waals surface area contributed by atoms with Gasteiger partial charge < -0.3 is 20.4 Å². The summed E-state index contributed by atoms with van der Waals surface area (Å²) in [6.45, 7) is 0.880. The average molecular weight is 400 g/mol. The fourth-order valence-electron chi connectivity index (χ4n) is 3.59. The third kappa shape index (κ3) is 4.43. The minimum absolute atomic E-state index is 0.0163. The maximum atomic E-state index is 12.5. The maximum Gasteiger partial charge on any atom is 0.315 e. The van der Waals surface area contributed by atoms with Crippen molar-refractivity contribution in [3.63, 3.8) is 0 Å². The summed E-state index contributed by atoms with van der Waals surface area (Å²) < 4.78 is 5.23. The van der Waals surface area contributed by atoms with E-state index >= 15 is 0 Å². The van der Waals surface area contributed by atoms with Gasteiger partial charge in [-0.3, -0.25) is 4.98 Å². The highest BCUT2D eigenvalue weighted by Gasteiger charge is 2.19. The molecule has 152 valence electrons. The highest BCUT2D eigenvalue weighted by atomic mass is 16.5. The molecular formula is C24H24N4O2. The third-order valence-electron chi connectivity index (χ3n) is 5.14. The number of amides is 2. The first kappa shape index (κ1) is 19.5. The van der Waals surface area contributed by atoms with E-state index in [1.54, 1.807) is 13.3 Å². The fraction of sp³-hybridized carbons (Fsp3) is 0.167. The molecule has 0 bridgehead atoms. The van der Waals surface area contributed by atoms with Gasteiger partial charge in [-0.1, -0.05) is 36.4 Å². The summed E-state index contributed by atoms with van der Waals surface area (Å²) in [5, 5.41) is 7.06. The molecule has 2 aromatic carbocycles. The first-order valence-electron chi connectivity index (χ1n) is 9.85. The van der Waals surface area contributed by atoms with Crippen LogP contribution in [0.4, 0.5) is 4.79 Å². The van der Waals surface area contributed by atoms with Crippen LogP contribution in [0.5, 0.6) is 5.75 Å². The molecule has 0 aliphatic carbocycles. The molecule has 0 aliphatic rings. The normalized spacial score (nSPS) is 11.8. The lowest BCUT2D eigenvalue weighted by Gasteiger charge is -2.18. The van der Waals surface area contributed by atoms with E-state index < -0.39 is 0 Å². The number of para-hydroxylation sites is 1. The van der Waals surface area contributed by atoms with E-state index in [2.05, 4.69) is 26.7 Å². The number of hydrogen-bond acceptors (Lipinski definition) is 3. The van der Waals surface area contributed by atoms with Crippen LogP contribution in [0.3, 0.4) is 0 Å². The van der Waals surface area contributed by atoms with Crippen molar-refractivity contribution < 1.29 is 9.53 Å². The molecule has 6 heteroatoms. The zero-order valence-electron chi connectivity index (χ0n) is 16.8. The molecule has 2 heterocycles. The van der Waals surface area contributed by atoms with Gasteiger partial charge in [0.2, 0.25) is 0 Å². The molecule has 3 N–H and O–H groups in total. The summed E-state index contributed by atoms with van der Waals surface area (Å²) in [5.41, 5.74) is 4.23. The van der Waals surface area contributed by atoms with E-state index in [0.717, 1.165) is 33.3 Å². The van der Waals surface area contributed by atoms with E-state index in [0.29, 0.717) is 13.1 Å². The Hall–Kier alpha value is -3.80. The van der Waals surface area contributed by atoms with Crippen molar-refractivity contribution >= 4 is 16.9 Å². The van der Waals surface area contributed by atoms with Gasteiger partial charge in [-0.25, -0.2) is 4.79 Å². The Labute approximate surface area is 175 Å². The summed E-state index contributed by atoms with van der Waals surface area (Å²) >= 11 is 0. The standard InChI is InChI=1S/C24H24N4O2/c1-30-19-8-4-6-17(12-19)13-27-24(29)28-15-21(18-7-5-11-25-14-18)22-16-26-23-10-3-2-9-20(22)23/h2-12,14,16,21,26H,13,15H2,1H3,(H2,27,28,29). The van der Waals surface area contributed by atoms with Crippen LogP contribution in [-0.2, 0) is 6.54 Å². The molecule has 0 radical (unpaired) electrons. The number of aromatic amines is 1. The number of fused-ring (bicyclic) bond motifs is 1. The van der Waals surface area contributed by atoms with E-state index in [4.69, 9.17) is 4.74 Å². The van der Waals surface area contributed by atoms with Crippen LogP contribution >= 0.6 is 0 Å². The van der Waals surface area contributed by atoms with Gasteiger partial charge in [0.25, 0.3) is 0 Å². The third-order valence-corrected chi connectivity index (χ3v) is 5.14. The van der Waals surface area contributed by atoms with E-state index in [1.165, 1.54) is 0 Å². The second kappa shape index (κ2) is 9.13. The number of ether oxygens (including phenoxy) is 1. The molecule has 0 saturated heterocycles. The molecule has 2 aromatic heterocycles. The van der Waals surface area contributed by atoms with Gasteiger partial charge in [-0.2, -0.15) is 0 Å². The van der Waals surface area contributed by atoms with Crippen LogP contribution in [0.1, 0.15) is 22.6 Å². The Bertz CT molecular complexity index is 1120. The Morgan fingerprint density at radius 3 is 2.83 bits per heavy atom. The van der Waals surface area contributed by atoms with Crippen molar-refractivity contribution in [3.05, 3.63) is 95.9 Å². The molecule has 4 aromatic rings. The predicted molar refractivity (Wildman–Crippen MR) is 118 cm³/mol. The van der Waals surface area contributed by atoms with Crippen LogP contribution < -0.4 is 15.4 Å². The first-order valence-corrected chi connectivity index (χ1v) is 9.85. The van der Waals surface area contributed by atoms with Gasteiger partial charge in [0, 0.05) is 48.5 Å². The number of hydrogen-bond donors (Lipinski definition) is 3. The van der Waals surface area contributed by atoms with Crippen molar-refractivity contribution in [3.8, 4) is 5.75 Å². The molecule has 1 unspecified atom stereocenters. The van der Waals surface area contributed by atoms with Crippen molar-refractivity contribution in [1.82, 2.24) is 20.6 Å². The molecule has 0 spiro atoms. The lowest BCUT2D eigenvalue weighted by Crippen LogP contribution is -2.37. The van der Waals surface area contributed by atoms with Crippen molar-refractivity contribution in [1.29, 1.82) is 0 Å². The second-order valence-corrected chi connectivity index (χ2v) is 7.04. The number of pyridine rings is 1. The number of aromatic nitrogens is 2. The predicted octanol–water partition coefficient (Wildman–Crippen LogP) is 4.20. The Morgan fingerprint density at radius 2 is 2.00 bits per heavy atom. The molecule has 6 nitrogen and oxygen atoms in total. The number of benzene rings is 2. The quantitative estimate of drug-likeness (QED) is 0.435. The molecule has 0 aliphatic heterocycles. The van der Waals surface area contributed by atoms with Gasteiger partial charge in [-0.15, -0.1) is 0 Å². The monoisotopic (exact) mass is 400 g/mol. The van der Waals surface area contributed by atoms with Crippen LogP contribution in [-0.4, -0.2) is 29.7 Å². The minimum atomic E-state index is -0.216. The zero-order valence-corrected chi connectivity index (χ0v) is 16.8. The van der Waals surface area contributed by atoms with Gasteiger partial charge >= 0.3 is 6.03 Å². The molecule has 30 heavy (non-hydrogen) atoms. The lowest BCUT2D eigenvalue weighted by molar-refractivity contribution is 0.240. The van der Waals surface area contributed by atoms with Gasteiger partial charge in [0.1, 0.15) is 5.75 Å². The van der Waals surface area contributed by atoms with Crippen molar-refractivity contribution in [2.24, 2.45) is 0 Å². The molecule has 1 atom stereocenters. The van der Waals surface area contributed by atoms with Crippen LogP contribution in [0, 0.1) is 0 Å². The van der Waals surface area contributed by atoms with Crippen LogP contribution in [0.2, 0.25) is 0 Å². The van der Waals surface area contributed by atoms with Crippen LogP contribution in [0.15, 0.2) is 79.3 Å². The number of nitrogens with one attached hydrogen (secondary N) is 3. The second-order valence-electron chi connectivity index (χ2n) is 7.04. The summed E-state index contributed by atoms with van der Waals surface area (Å²) in [6.07, 6.45) is 5.62. The van der Waals surface area contributed by atoms with E-state index in [-0.39, 0.29) is 11.9 Å². The topological polar surface area (TPSA) is 79.0 Å². The summed E-state index contributed by atoms with van der Waals surface area (Å²) in [7, 11) is 1.63. The lowest BCUT2D eigenvalue weighted by atomic mass is 9.92. The number of nitrogens with zero attached hydrogens (tertiary/aromatic N) is 1. The number of carbonyl (C=O) groups is 1. The Kier molecular flexibility index (Phi) is 5.94. The smallest absolute Gasteiger partial charge is 0.315 e. The fourth-order valence-corrected chi connectivity index (χ4v) is 3.59. The molecule has 0 fully saturated rings. The zero-order chi connectivity index (χ0) is 20.8. The van der Waals surface area contributed by atoms with Crippen molar-refractivity contribution in [2.75, 3.05) is 13.7 Å². The van der Waals surface area contributed by atoms with Gasteiger partial charge in [0.15, 0.2) is 0 Å². The number of urea groups is 1. The Morgan fingerprint density at radius 1 is 1.10 bits per heavy atom. The highest BCUT2D eigenvalue weighted by Crippen LogP contribution is 2.30. The highest BCUT2D eigenvalue weighted by molar-refractivity contribution is 5.84. The molecule has 2 amide bonds. The van der Waals surface area contributed by atoms with E-state index in [9.17, 15) is 4.79 Å². The van der Waals surface area contributed by atoms with Crippen molar-refractivity contribution in [2.45, 2.75) is 12.5 Å². The SMILES string of the molecule is COc1cccc(CNC(=O)NCC(c2cccnc2)c2c[nH]c3ccccc23)c1. The summed E-state index contributed by atoms with van der Waals surface area (Å²) in [6, 6.07) is 19.5. The largest absolute Gasteiger partial charge is 0.497 e. The van der Waals surface area contributed by atoms with Gasteiger partial charge in [0.05, 0.1) is 7.11 Å². The number of H-pyrrole nitrogens is 1. The van der Waals surface area contributed by atoms with Gasteiger partial charge in [-0.05, 0) is 41.0 Å². The van der Waals surface area contributed by atoms with Crippen LogP contribution in [0.25, 0.3) is 10.9 Å².